The normalized spacial score (nSPS) is 10.6. The maximum absolute atomic E-state index is 12.8. The van der Waals surface area contributed by atoms with E-state index in [2.05, 4.69) is 11.6 Å². The molecule has 1 nitrogen and oxygen atoms in total. The van der Waals surface area contributed by atoms with Gasteiger partial charge in [-0.1, -0.05) is 6.07 Å². The van der Waals surface area contributed by atoms with Crippen LogP contribution in [0.15, 0.2) is 18.2 Å². The van der Waals surface area contributed by atoms with Gasteiger partial charge in [0.15, 0.2) is 0 Å². The van der Waals surface area contributed by atoms with Gasteiger partial charge in [0.05, 0.1) is 0 Å². The maximum Gasteiger partial charge on any atom is 0.123 e. The third kappa shape index (κ3) is 4.67. The second-order valence-electron chi connectivity index (χ2n) is 3.59. The maximum atomic E-state index is 12.8. The highest BCUT2D eigenvalue weighted by Crippen LogP contribution is 2.09. The summed E-state index contributed by atoms with van der Waals surface area (Å²) < 4.78 is 12.8. The highest BCUT2D eigenvalue weighted by atomic mass is 32.2. The van der Waals surface area contributed by atoms with Crippen molar-refractivity contribution in [1.82, 2.24) is 5.32 Å². The summed E-state index contributed by atoms with van der Waals surface area (Å²) in [6.45, 7) is 3.81. The van der Waals surface area contributed by atoms with Crippen LogP contribution in [0.4, 0.5) is 4.39 Å². The van der Waals surface area contributed by atoms with Crippen LogP contribution in [0.1, 0.15) is 17.5 Å². The van der Waals surface area contributed by atoms with Crippen LogP contribution in [0.3, 0.4) is 0 Å². The molecule has 0 bridgehead atoms. The number of nitrogens with one attached hydrogen (secondary N) is 1. The molecule has 3 heteroatoms. The van der Waals surface area contributed by atoms with Crippen LogP contribution in [0.2, 0.25) is 0 Å². The first kappa shape index (κ1) is 12.5. The van der Waals surface area contributed by atoms with Crippen molar-refractivity contribution in [2.24, 2.45) is 0 Å². The number of halogens is 1. The van der Waals surface area contributed by atoms with E-state index in [1.807, 2.05) is 24.8 Å². The van der Waals surface area contributed by atoms with Gasteiger partial charge < -0.3 is 5.32 Å². The molecule has 0 atom stereocenters. The predicted molar refractivity (Wildman–Crippen MR) is 65.8 cm³/mol. The highest BCUT2D eigenvalue weighted by Gasteiger charge is 1.99. The van der Waals surface area contributed by atoms with Crippen molar-refractivity contribution < 1.29 is 4.39 Å². The van der Waals surface area contributed by atoms with E-state index in [0.717, 1.165) is 18.7 Å². The van der Waals surface area contributed by atoms with Crippen molar-refractivity contribution >= 4 is 11.8 Å². The van der Waals surface area contributed by atoms with Crippen LogP contribution < -0.4 is 5.32 Å². The summed E-state index contributed by atoms with van der Waals surface area (Å²) in [6.07, 6.45) is 3.30. The average Bonchev–Trinajstić information content (AvgIpc) is 2.20. The Hall–Kier alpha value is -0.540. The topological polar surface area (TPSA) is 12.0 Å². The van der Waals surface area contributed by atoms with Gasteiger partial charge in [-0.15, -0.1) is 0 Å². The lowest BCUT2D eigenvalue weighted by Crippen LogP contribution is -2.16. The molecule has 0 aliphatic rings. The van der Waals surface area contributed by atoms with E-state index < -0.39 is 0 Å². The lowest BCUT2D eigenvalue weighted by molar-refractivity contribution is 0.622. The molecule has 0 fully saturated rings. The molecular formula is C12H18FNS. The van der Waals surface area contributed by atoms with Gasteiger partial charge in [0, 0.05) is 6.54 Å². The van der Waals surface area contributed by atoms with Gasteiger partial charge in [0.1, 0.15) is 5.82 Å². The van der Waals surface area contributed by atoms with Gasteiger partial charge in [0.25, 0.3) is 0 Å². The molecule has 0 spiro atoms. The zero-order chi connectivity index (χ0) is 11.1. The van der Waals surface area contributed by atoms with Gasteiger partial charge in [-0.2, -0.15) is 11.8 Å². The molecule has 15 heavy (non-hydrogen) atoms. The lowest BCUT2D eigenvalue weighted by atomic mass is 10.1. The fourth-order valence-electron chi connectivity index (χ4n) is 1.42. The fourth-order valence-corrected chi connectivity index (χ4v) is 1.86. The Kier molecular flexibility index (Phi) is 5.73. The zero-order valence-corrected chi connectivity index (χ0v) is 10.2. The Labute approximate surface area is 95.5 Å². The van der Waals surface area contributed by atoms with Gasteiger partial charge in [-0.25, -0.2) is 4.39 Å². The molecular weight excluding hydrogens is 209 g/mol. The predicted octanol–water partition coefficient (Wildman–Crippen LogP) is 2.98. The van der Waals surface area contributed by atoms with Gasteiger partial charge in [-0.05, 0) is 55.2 Å². The number of rotatable bonds is 6. The molecule has 0 heterocycles. The molecule has 1 rings (SSSR count). The van der Waals surface area contributed by atoms with Crippen molar-refractivity contribution in [2.75, 3.05) is 18.6 Å². The Bertz CT molecular complexity index is 302. The Morgan fingerprint density at radius 2 is 2.20 bits per heavy atom. The van der Waals surface area contributed by atoms with Crippen LogP contribution in [-0.4, -0.2) is 18.6 Å². The quantitative estimate of drug-likeness (QED) is 0.750. The van der Waals surface area contributed by atoms with E-state index >= 15 is 0 Å². The lowest BCUT2D eigenvalue weighted by Gasteiger charge is -2.07. The summed E-state index contributed by atoms with van der Waals surface area (Å²) in [4.78, 5) is 0. The second kappa shape index (κ2) is 6.85. The molecule has 0 radical (unpaired) electrons. The molecule has 0 aromatic heterocycles. The molecule has 1 N–H and O–H groups in total. The Balaban J connectivity index is 2.31. The van der Waals surface area contributed by atoms with E-state index in [-0.39, 0.29) is 5.82 Å². The molecule has 0 saturated carbocycles. The minimum Gasteiger partial charge on any atom is -0.313 e. The monoisotopic (exact) mass is 227 g/mol. The summed E-state index contributed by atoms with van der Waals surface area (Å²) in [6, 6.07) is 4.96. The van der Waals surface area contributed by atoms with Gasteiger partial charge in [0.2, 0.25) is 0 Å². The summed E-state index contributed by atoms with van der Waals surface area (Å²) in [7, 11) is 0. The van der Waals surface area contributed by atoms with Crippen LogP contribution in [0, 0.1) is 12.7 Å². The first-order valence-electron chi connectivity index (χ1n) is 5.18. The van der Waals surface area contributed by atoms with Crippen molar-refractivity contribution in [2.45, 2.75) is 19.9 Å². The molecule has 0 aliphatic heterocycles. The van der Waals surface area contributed by atoms with E-state index in [9.17, 15) is 4.39 Å². The minimum atomic E-state index is -0.154. The number of hydrogen-bond donors (Lipinski definition) is 1. The molecule has 0 saturated heterocycles. The first-order chi connectivity index (χ1) is 7.24. The van der Waals surface area contributed by atoms with Crippen molar-refractivity contribution in [1.29, 1.82) is 0 Å². The molecule has 84 valence electrons. The SMILES string of the molecule is CSCCCNCc1ccc(F)cc1C. The third-order valence-corrected chi connectivity index (χ3v) is 3.02. The van der Waals surface area contributed by atoms with Crippen LogP contribution >= 0.6 is 11.8 Å². The van der Waals surface area contributed by atoms with Crippen LogP contribution in [0.5, 0.6) is 0 Å². The second-order valence-corrected chi connectivity index (χ2v) is 4.58. The largest absolute Gasteiger partial charge is 0.313 e. The summed E-state index contributed by atoms with van der Waals surface area (Å²) in [5.74, 6) is 1.04. The molecule has 0 unspecified atom stereocenters. The number of hydrogen-bond acceptors (Lipinski definition) is 2. The van der Waals surface area contributed by atoms with Crippen molar-refractivity contribution in [3.8, 4) is 0 Å². The van der Waals surface area contributed by atoms with E-state index in [1.165, 1.54) is 23.8 Å². The third-order valence-electron chi connectivity index (χ3n) is 2.32. The van der Waals surface area contributed by atoms with Gasteiger partial charge >= 0.3 is 0 Å². The highest BCUT2D eigenvalue weighted by molar-refractivity contribution is 7.98. The average molecular weight is 227 g/mol. The minimum absolute atomic E-state index is 0.154. The zero-order valence-electron chi connectivity index (χ0n) is 9.35. The van der Waals surface area contributed by atoms with Gasteiger partial charge in [-0.3, -0.25) is 0 Å². The first-order valence-corrected chi connectivity index (χ1v) is 6.58. The number of thioether (sulfide) groups is 1. The van der Waals surface area contributed by atoms with E-state index in [4.69, 9.17) is 0 Å². The van der Waals surface area contributed by atoms with Crippen molar-refractivity contribution in [3.05, 3.63) is 35.1 Å². The van der Waals surface area contributed by atoms with Crippen LogP contribution in [0.25, 0.3) is 0 Å². The molecule has 1 aromatic carbocycles. The number of benzene rings is 1. The van der Waals surface area contributed by atoms with Crippen LogP contribution in [-0.2, 0) is 6.54 Å². The Morgan fingerprint density at radius 3 is 2.87 bits per heavy atom. The summed E-state index contributed by atoms with van der Waals surface area (Å²) >= 11 is 1.86. The molecule has 0 aliphatic carbocycles. The molecule has 1 aromatic rings. The standard InChI is InChI=1S/C12H18FNS/c1-10-8-12(13)5-4-11(10)9-14-6-3-7-15-2/h4-5,8,14H,3,6-7,9H2,1-2H3. The van der Waals surface area contributed by atoms with Crippen molar-refractivity contribution in [3.63, 3.8) is 0 Å². The summed E-state index contributed by atoms with van der Waals surface area (Å²) in [5.41, 5.74) is 2.20. The number of aryl methyl sites for hydroxylation is 1. The fraction of sp³-hybridized carbons (Fsp3) is 0.500. The Morgan fingerprint density at radius 1 is 1.40 bits per heavy atom. The molecule has 0 amide bonds. The van der Waals surface area contributed by atoms with E-state index in [0.29, 0.717) is 0 Å². The van der Waals surface area contributed by atoms with E-state index in [1.54, 1.807) is 6.07 Å². The summed E-state index contributed by atoms with van der Waals surface area (Å²) in [5, 5.41) is 3.36. The smallest absolute Gasteiger partial charge is 0.123 e.